The molecule has 4 heterocycles. The number of hydrogen-bond donors (Lipinski definition) is 0. The van der Waals surface area contributed by atoms with Crippen LogP contribution >= 0.6 is 11.3 Å². The fourth-order valence-corrected chi connectivity index (χ4v) is 5.39. The maximum absolute atomic E-state index is 5.06. The molecule has 1 atom stereocenters. The zero-order chi connectivity index (χ0) is 15.4. The molecule has 0 N–H and O–H groups in total. The van der Waals surface area contributed by atoms with Gasteiger partial charge in [0.05, 0.1) is 5.39 Å². The molecule has 0 radical (unpaired) electrons. The van der Waals surface area contributed by atoms with E-state index in [4.69, 9.17) is 4.98 Å². The topological polar surface area (TPSA) is 46.3 Å². The molecule has 120 valence electrons. The summed E-state index contributed by atoms with van der Waals surface area (Å²) < 4.78 is 1.98. The zero-order valence-corrected chi connectivity index (χ0v) is 14.3. The van der Waals surface area contributed by atoms with Crippen LogP contribution in [0.25, 0.3) is 15.9 Å². The van der Waals surface area contributed by atoms with Crippen molar-refractivity contribution >= 4 is 33.1 Å². The molecule has 1 aliphatic carbocycles. The summed E-state index contributed by atoms with van der Waals surface area (Å²) in [7, 11) is 0. The lowest BCUT2D eigenvalue weighted by Gasteiger charge is -2.34. The molecule has 1 fully saturated rings. The molecule has 0 amide bonds. The van der Waals surface area contributed by atoms with Crippen LogP contribution in [-0.4, -0.2) is 32.2 Å². The normalized spacial score (nSPS) is 22.0. The first-order chi connectivity index (χ1) is 11.3. The van der Waals surface area contributed by atoms with Crippen LogP contribution in [0.1, 0.15) is 49.5 Å². The Morgan fingerprint density at radius 2 is 2.09 bits per heavy atom. The van der Waals surface area contributed by atoms with Crippen LogP contribution in [0.3, 0.4) is 0 Å². The number of fused-ring (bicyclic) bond motifs is 5. The molecule has 0 aromatic carbocycles. The van der Waals surface area contributed by atoms with E-state index in [9.17, 15) is 0 Å². The summed E-state index contributed by atoms with van der Waals surface area (Å²) in [4.78, 5) is 14.8. The second-order valence-electron chi connectivity index (χ2n) is 6.84. The minimum atomic E-state index is 0.524. The van der Waals surface area contributed by atoms with Gasteiger partial charge >= 0.3 is 0 Å². The molecule has 5 rings (SSSR count). The molecule has 5 nitrogen and oxygen atoms in total. The van der Waals surface area contributed by atoms with Gasteiger partial charge in [0.25, 0.3) is 0 Å². The van der Waals surface area contributed by atoms with Gasteiger partial charge in [-0.25, -0.2) is 9.97 Å². The van der Waals surface area contributed by atoms with Crippen molar-refractivity contribution in [1.29, 1.82) is 0 Å². The van der Waals surface area contributed by atoms with Crippen LogP contribution in [0.2, 0.25) is 0 Å². The molecular weight excluding hydrogens is 306 g/mol. The van der Waals surface area contributed by atoms with Gasteiger partial charge in [-0.05, 0) is 57.4 Å². The minimum Gasteiger partial charge on any atom is -0.338 e. The van der Waals surface area contributed by atoms with Gasteiger partial charge in [-0.15, -0.1) is 11.3 Å². The SMILES string of the molecule is CC1CCCCN1c1nc2sc3c(c2c2ncnn12)CCCC3. The average Bonchev–Trinajstić information content (AvgIpc) is 3.18. The van der Waals surface area contributed by atoms with Crippen LogP contribution in [0, 0.1) is 0 Å². The van der Waals surface area contributed by atoms with Crippen molar-refractivity contribution in [3.63, 3.8) is 0 Å². The molecule has 1 unspecified atom stereocenters. The second-order valence-corrected chi connectivity index (χ2v) is 7.92. The van der Waals surface area contributed by atoms with Gasteiger partial charge in [0.1, 0.15) is 11.2 Å². The summed E-state index contributed by atoms with van der Waals surface area (Å²) in [5, 5.41) is 5.77. The lowest BCUT2D eigenvalue weighted by atomic mass is 9.97. The third-order valence-electron chi connectivity index (χ3n) is 5.37. The van der Waals surface area contributed by atoms with Gasteiger partial charge in [0.2, 0.25) is 5.95 Å². The van der Waals surface area contributed by atoms with Crippen molar-refractivity contribution in [2.24, 2.45) is 0 Å². The Balaban J connectivity index is 1.78. The average molecular weight is 327 g/mol. The van der Waals surface area contributed by atoms with Crippen LogP contribution in [-0.2, 0) is 12.8 Å². The maximum atomic E-state index is 5.06. The quantitative estimate of drug-likeness (QED) is 0.685. The van der Waals surface area contributed by atoms with Gasteiger partial charge < -0.3 is 4.90 Å². The van der Waals surface area contributed by atoms with Crippen molar-refractivity contribution in [3.05, 3.63) is 16.8 Å². The standard InChI is InChI=1S/C17H21N5S/c1-11-6-4-5-9-21(11)17-20-16-14(15-18-10-19-22(15)17)12-7-2-3-8-13(12)23-16/h10-11H,2-9H2,1H3. The Labute approximate surface area is 139 Å². The predicted octanol–water partition coefficient (Wildman–Crippen LogP) is 3.60. The molecule has 2 aliphatic rings. The Hall–Kier alpha value is -1.69. The van der Waals surface area contributed by atoms with Crippen molar-refractivity contribution < 1.29 is 0 Å². The number of anilines is 1. The van der Waals surface area contributed by atoms with E-state index in [1.807, 2.05) is 15.9 Å². The van der Waals surface area contributed by atoms with Crippen molar-refractivity contribution in [3.8, 4) is 0 Å². The van der Waals surface area contributed by atoms with E-state index in [1.54, 1.807) is 6.33 Å². The van der Waals surface area contributed by atoms with Crippen LogP contribution in [0.5, 0.6) is 0 Å². The highest BCUT2D eigenvalue weighted by atomic mass is 32.1. The van der Waals surface area contributed by atoms with E-state index in [1.165, 1.54) is 60.8 Å². The third kappa shape index (κ3) is 2.00. The molecule has 0 bridgehead atoms. The van der Waals surface area contributed by atoms with E-state index in [-0.39, 0.29) is 0 Å². The Morgan fingerprint density at radius 1 is 1.17 bits per heavy atom. The monoisotopic (exact) mass is 327 g/mol. The van der Waals surface area contributed by atoms with Crippen LogP contribution in [0.4, 0.5) is 5.95 Å². The Kier molecular flexibility index (Phi) is 3.08. The van der Waals surface area contributed by atoms with E-state index < -0.39 is 0 Å². The van der Waals surface area contributed by atoms with Crippen LogP contribution < -0.4 is 4.90 Å². The number of thiophene rings is 1. The Bertz CT molecular complexity index is 880. The first-order valence-corrected chi connectivity index (χ1v) is 9.55. The molecule has 0 spiro atoms. The smallest absolute Gasteiger partial charge is 0.230 e. The highest BCUT2D eigenvalue weighted by Gasteiger charge is 2.26. The summed E-state index contributed by atoms with van der Waals surface area (Å²) in [6.07, 6.45) is 10.4. The van der Waals surface area contributed by atoms with Crippen molar-refractivity contribution in [2.45, 2.75) is 57.9 Å². The van der Waals surface area contributed by atoms with Gasteiger partial charge in [-0.2, -0.15) is 9.61 Å². The largest absolute Gasteiger partial charge is 0.338 e. The summed E-state index contributed by atoms with van der Waals surface area (Å²) in [6, 6.07) is 0.524. The summed E-state index contributed by atoms with van der Waals surface area (Å²) in [5.41, 5.74) is 2.49. The zero-order valence-electron chi connectivity index (χ0n) is 13.5. The first-order valence-electron chi connectivity index (χ1n) is 8.73. The number of hydrogen-bond acceptors (Lipinski definition) is 5. The predicted molar refractivity (Wildman–Crippen MR) is 93.5 cm³/mol. The molecule has 1 aliphatic heterocycles. The fourth-order valence-electron chi connectivity index (χ4n) is 4.14. The molecule has 1 saturated heterocycles. The fraction of sp³-hybridized carbons (Fsp3) is 0.588. The van der Waals surface area contributed by atoms with E-state index in [0.29, 0.717) is 6.04 Å². The number of aromatic nitrogens is 4. The van der Waals surface area contributed by atoms with Crippen LogP contribution in [0.15, 0.2) is 6.33 Å². The molecular formula is C17H21N5S. The lowest BCUT2D eigenvalue weighted by Crippen LogP contribution is -2.39. The highest BCUT2D eigenvalue weighted by Crippen LogP contribution is 2.38. The summed E-state index contributed by atoms with van der Waals surface area (Å²) >= 11 is 1.88. The second kappa shape index (κ2) is 5.16. The number of rotatable bonds is 1. The number of piperidine rings is 1. The molecule has 3 aromatic rings. The summed E-state index contributed by atoms with van der Waals surface area (Å²) in [5.74, 6) is 0.982. The lowest BCUT2D eigenvalue weighted by molar-refractivity contribution is 0.474. The maximum Gasteiger partial charge on any atom is 0.230 e. The highest BCUT2D eigenvalue weighted by molar-refractivity contribution is 7.19. The molecule has 6 heteroatoms. The molecule has 0 saturated carbocycles. The Morgan fingerprint density at radius 3 is 3.00 bits per heavy atom. The minimum absolute atomic E-state index is 0.524. The van der Waals surface area contributed by atoms with Crippen molar-refractivity contribution in [2.75, 3.05) is 11.4 Å². The number of nitrogens with zero attached hydrogens (tertiary/aromatic N) is 5. The molecule has 23 heavy (non-hydrogen) atoms. The van der Waals surface area contributed by atoms with Crippen molar-refractivity contribution in [1.82, 2.24) is 19.6 Å². The van der Waals surface area contributed by atoms with E-state index in [0.717, 1.165) is 23.0 Å². The number of aryl methyl sites for hydroxylation is 2. The van der Waals surface area contributed by atoms with Gasteiger partial charge in [0, 0.05) is 17.5 Å². The first kappa shape index (κ1) is 13.7. The van der Waals surface area contributed by atoms with Gasteiger partial charge in [0.15, 0.2) is 5.65 Å². The van der Waals surface area contributed by atoms with Gasteiger partial charge in [-0.1, -0.05) is 0 Å². The van der Waals surface area contributed by atoms with E-state index >= 15 is 0 Å². The van der Waals surface area contributed by atoms with Gasteiger partial charge in [-0.3, -0.25) is 0 Å². The summed E-state index contributed by atoms with van der Waals surface area (Å²) in [6.45, 7) is 3.37. The van der Waals surface area contributed by atoms with E-state index in [2.05, 4.69) is 21.9 Å². The molecule has 3 aromatic heterocycles. The third-order valence-corrected chi connectivity index (χ3v) is 6.56.